The van der Waals surface area contributed by atoms with E-state index in [0.717, 1.165) is 0 Å². The Morgan fingerprint density at radius 3 is 2.82 bits per heavy atom. The molecule has 0 saturated carbocycles. The van der Waals surface area contributed by atoms with Crippen LogP contribution in [0.3, 0.4) is 0 Å². The minimum atomic E-state index is 0.328. The third-order valence-electron chi connectivity index (χ3n) is 4.82. The molecule has 1 heterocycles. The quantitative estimate of drug-likeness (QED) is 0.714. The molecule has 1 aromatic heterocycles. The number of aromatic nitrogens is 2. The molecule has 2 aromatic rings. The van der Waals surface area contributed by atoms with Crippen LogP contribution in [0.5, 0.6) is 0 Å². The fraction of sp³-hybridized carbons (Fsp3) is 0.450. The van der Waals surface area contributed by atoms with E-state index in [2.05, 4.69) is 68.8 Å². The van der Waals surface area contributed by atoms with Crippen molar-refractivity contribution in [2.24, 2.45) is 5.92 Å². The summed E-state index contributed by atoms with van der Waals surface area (Å²) in [7, 11) is 0. The molecule has 2 atom stereocenters. The molecule has 0 amide bonds. The first kappa shape index (κ1) is 15.1. The van der Waals surface area contributed by atoms with Crippen LogP contribution in [0.4, 0.5) is 0 Å². The highest BCUT2D eigenvalue weighted by Crippen LogP contribution is 2.34. The second-order valence-corrected chi connectivity index (χ2v) is 6.72. The summed E-state index contributed by atoms with van der Waals surface area (Å²) in [6.07, 6.45) is 11.2. The van der Waals surface area contributed by atoms with Gasteiger partial charge in [0.15, 0.2) is 0 Å². The molecular formula is C20H26N2. The highest BCUT2D eigenvalue weighted by molar-refractivity contribution is 5.79. The van der Waals surface area contributed by atoms with Gasteiger partial charge < -0.3 is 0 Å². The SMILES string of the molecule is CCCC1=CC=CC(n2ncc3cc(C(C)C)ccc32)C1C. The summed E-state index contributed by atoms with van der Waals surface area (Å²) in [6.45, 7) is 9.04. The van der Waals surface area contributed by atoms with Gasteiger partial charge in [-0.1, -0.05) is 64.0 Å². The van der Waals surface area contributed by atoms with Gasteiger partial charge in [-0.25, -0.2) is 0 Å². The molecule has 2 nitrogen and oxygen atoms in total. The lowest BCUT2D eigenvalue weighted by atomic mass is 9.86. The largest absolute Gasteiger partial charge is 0.257 e. The van der Waals surface area contributed by atoms with E-state index in [4.69, 9.17) is 5.10 Å². The second kappa shape index (κ2) is 6.12. The van der Waals surface area contributed by atoms with E-state index in [0.29, 0.717) is 17.9 Å². The van der Waals surface area contributed by atoms with Crippen molar-refractivity contribution in [1.82, 2.24) is 9.78 Å². The summed E-state index contributed by atoms with van der Waals surface area (Å²) in [4.78, 5) is 0. The first-order chi connectivity index (χ1) is 10.6. The maximum atomic E-state index is 4.70. The molecule has 1 aliphatic rings. The zero-order chi connectivity index (χ0) is 15.7. The van der Waals surface area contributed by atoms with Gasteiger partial charge in [-0.2, -0.15) is 5.10 Å². The fourth-order valence-electron chi connectivity index (χ4n) is 3.39. The number of rotatable bonds is 4. The molecule has 22 heavy (non-hydrogen) atoms. The Morgan fingerprint density at radius 1 is 1.27 bits per heavy atom. The van der Waals surface area contributed by atoms with Crippen LogP contribution in [0.1, 0.15) is 58.1 Å². The topological polar surface area (TPSA) is 17.8 Å². The van der Waals surface area contributed by atoms with Crippen molar-refractivity contribution in [1.29, 1.82) is 0 Å². The molecule has 3 rings (SSSR count). The zero-order valence-corrected chi connectivity index (χ0v) is 14.1. The maximum Gasteiger partial charge on any atom is 0.0772 e. The molecule has 1 aromatic carbocycles. The van der Waals surface area contributed by atoms with E-state index >= 15 is 0 Å². The summed E-state index contributed by atoms with van der Waals surface area (Å²) >= 11 is 0. The molecule has 2 heteroatoms. The monoisotopic (exact) mass is 294 g/mol. The normalized spacial score (nSPS) is 21.6. The van der Waals surface area contributed by atoms with Crippen molar-refractivity contribution in [3.63, 3.8) is 0 Å². The van der Waals surface area contributed by atoms with Gasteiger partial charge in [0, 0.05) is 11.3 Å². The highest BCUT2D eigenvalue weighted by Gasteiger charge is 2.24. The first-order valence-electron chi connectivity index (χ1n) is 8.46. The smallest absolute Gasteiger partial charge is 0.0772 e. The van der Waals surface area contributed by atoms with Gasteiger partial charge >= 0.3 is 0 Å². The molecule has 0 bridgehead atoms. The Hall–Kier alpha value is -1.83. The first-order valence-corrected chi connectivity index (χ1v) is 8.46. The van der Waals surface area contributed by atoms with Crippen LogP contribution in [0.2, 0.25) is 0 Å². The van der Waals surface area contributed by atoms with E-state index in [9.17, 15) is 0 Å². The number of allylic oxidation sites excluding steroid dienone is 4. The number of nitrogens with zero attached hydrogens (tertiary/aromatic N) is 2. The summed E-state index contributed by atoms with van der Waals surface area (Å²) < 4.78 is 2.20. The van der Waals surface area contributed by atoms with E-state index in [1.807, 2.05) is 6.20 Å². The number of fused-ring (bicyclic) bond motifs is 1. The van der Waals surface area contributed by atoms with Crippen molar-refractivity contribution in [2.75, 3.05) is 0 Å². The lowest BCUT2D eigenvalue weighted by Gasteiger charge is -2.27. The lowest BCUT2D eigenvalue weighted by Crippen LogP contribution is -2.20. The van der Waals surface area contributed by atoms with Crippen LogP contribution in [0.25, 0.3) is 10.9 Å². The molecule has 0 N–H and O–H groups in total. The summed E-state index contributed by atoms with van der Waals surface area (Å²) in [5, 5.41) is 5.95. The van der Waals surface area contributed by atoms with Crippen molar-refractivity contribution in [3.8, 4) is 0 Å². The van der Waals surface area contributed by atoms with Crippen molar-refractivity contribution in [2.45, 2.75) is 52.5 Å². The van der Waals surface area contributed by atoms with Crippen molar-refractivity contribution < 1.29 is 0 Å². The molecule has 0 radical (unpaired) electrons. The van der Waals surface area contributed by atoms with Gasteiger partial charge in [0.2, 0.25) is 0 Å². The van der Waals surface area contributed by atoms with E-state index in [1.165, 1.54) is 34.9 Å². The second-order valence-electron chi connectivity index (χ2n) is 6.72. The van der Waals surface area contributed by atoms with Gasteiger partial charge in [-0.15, -0.1) is 0 Å². The molecular weight excluding hydrogens is 268 g/mol. The standard InChI is InChI=1S/C20H26N2/c1-5-7-16-8-6-9-19(15(16)4)22-20-11-10-17(14(2)3)12-18(20)13-21-22/h6,8-15,19H,5,7H2,1-4H3. The van der Waals surface area contributed by atoms with Gasteiger partial charge in [0.1, 0.15) is 0 Å². The average molecular weight is 294 g/mol. The average Bonchev–Trinajstić information content (AvgIpc) is 2.92. The van der Waals surface area contributed by atoms with Crippen LogP contribution < -0.4 is 0 Å². The van der Waals surface area contributed by atoms with Crippen molar-refractivity contribution in [3.05, 3.63) is 53.8 Å². The Labute approximate surface area is 133 Å². The molecule has 0 saturated heterocycles. The van der Waals surface area contributed by atoms with Crippen LogP contribution in [0, 0.1) is 5.92 Å². The molecule has 0 aliphatic heterocycles. The van der Waals surface area contributed by atoms with Crippen LogP contribution in [-0.4, -0.2) is 9.78 Å². The maximum absolute atomic E-state index is 4.70. The predicted octanol–water partition coefficient (Wildman–Crippen LogP) is 5.63. The van der Waals surface area contributed by atoms with Gasteiger partial charge in [-0.05, 0) is 30.0 Å². The van der Waals surface area contributed by atoms with Gasteiger partial charge in [0.05, 0.1) is 17.8 Å². The highest BCUT2D eigenvalue weighted by atomic mass is 15.3. The third-order valence-corrected chi connectivity index (χ3v) is 4.82. The number of benzene rings is 1. The van der Waals surface area contributed by atoms with Crippen LogP contribution in [-0.2, 0) is 0 Å². The van der Waals surface area contributed by atoms with Gasteiger partial charge in [0.25, 0.3) is 0 Å². The van der Waals surface area contributed by atoms with E-state index < -0.39 is 0 Å². The van der Waals surface area contributed by atoms with Crippen LogP contribution >= 0.6 is 0 Å². The minimum absolute atomic E-state index is 0.328. The molecule has 2 unspecified atom stereocenters. The molecule has 1 aliphatic carbocycles. The number of hydrogen-bond donors (Lipinski definition) is 0. The van der Waals surface area contributed by atoms with Gasteiger partial charge in [-0.3, -0.25) is 4.68 Å². The summed E-state index contributed by atoms with van der Waals surface area (Å²) in [6, 6.07) is 7.08. The van der Waals surface area contributed by atoms with Crippen LogP contribution in [0.15, 0.2) is 48.2 Å². The molecule has 0 fully saturated rings. The molecule has 0 spiro atoms. The fourth-order valence-corrected chi connectivity index (χ4v) is 3.39. The van der Waals surface area contributed by atoms with Crippen molar-refractivity contribution >= 4 is 10.9 Å². The Morgan fingerprint density at radius 2 is 2.09 bits per heavy atom. The summed E-state index contributed by atoms with van der Waals surface area (Å²) in [5.41, 5.74) is 4.16. The number of hydrogen-bond acceptors (Lipinski definition) is 1. The summed E-state index contributed by atoms with van der Waals surface area (Å²) in [5.74, 6) is 1.07. The third kappa shape index (κ3) is 2.63. The van der Waals surface area contributed by atoms with E-state index in [1.54, 1.807) is 0 Å². The Balaban J connectivity index is 1.97. The predicted molar refractivity (Wildman–Crippen MR) is 94.2 cm³/mol. The molecule has 116 valence electrons. The Kier molecular flexibility index (Phi) is 4.19. The minimum Gasteiger partial charge on any atom is -0.257 e. The Bertz CT molecular complexity index is 718. The lowest BCUT2D eigenvalue weighted by molar-refractivity contribution is 0.428. The van der Waals surface area contributed by atoms with E-state index in [-0.39, 0.29) is 0 Å². The zero-order valence-electron chi connectivity index (χ0n) is 14.1.